The molecule has 2 fully saturated rings. The maximum atomic E-state index is 13.7. The van der Waals surface area contributed by atoms with Gasteiger partial charge in [-0.15, -0.1) is 0 Å². The van der Waals surface area contributed by atoms with Gasteiger partial charge in [0.2, 0.25) is 0 Å². The van der Waals surface area contributed by atoms with Gasteiger partial charge in [-0.3, -0.25) is 14.6 Å². The molecule has 3 N–H and O–H groups in total. The van der Waals surface area contributed by atoms with Crippen LogP contribution in [0.3, 0.4) is 0 Å². The highest BCUT2D eigenvalue weighted by Crippen LogP contribution is 2.52. The second-order valence-electron chi connectivity index (χ2n) is 10.4. The second-order valence-corrected chi connectivity index (χ2v) is 13.0. The van der Waals surface area contributed by atoms with Gasteiger partial charge in [-0.2, -0.15) is 0 Å². The largest absolute Gasteiger partial charge is 0.387 e. The van der Waals surface area contributed by atoms with Gasteiger partial charge in [0.1, 0.15) is 0 Å². The number of benzene rings is 2. The monoisotopic (exact) mass is 607 g/mol. The Hall–Kier alpha value is -3.48. The van der Waals surface area contributed by atoms with Crippen molar-refractivity contribution in [3.63, 3.8) is 0 Å². The van der Waals surface area contributed by atoms with Gasteiger partial charge in [-0.25, -0.2) is 21.6 Å². The average Bonchev–Trinajstić information content (AvgIpc) is 3.10. The summed E-state index contributed by atoms with van der Waals surface area (Å²) in [6, 6.07) is 7.98. The molecule has 0 aliphatic heterocycles. The van der Waals surface area contributed by atoms with Gasteiger partial charge in [0.25, 0.3) is 11.8 Å². The number of nitrogens with zero attached hydrogens (tertiary/aromatic N) is 1. The topological polar surface area (TPSA) is 125 Å². The molecule has 2 aromatic carbocycles. The molecule has 0 spiro atoms. The molecule has 4 atom stereocenters. The summed E-state index contributed by atoms with van der Waals surface area (Å²) in [4.78, 5) is 28.9. The van der Waals surface area contributed by atoms with E-state index in [4.69, 9.17) is 11.6 Å². The first-order valence-corrected chi connectivity index (χ1v) is 14.7. The first kappa shape index (κ1) is 29.0. The van der Waals surface area contributed by atoms with E-state index in [1.54, 1.807) is 12.1 Å². The number of pyridine rings is 1. The van der Waals surface area contributed by atoms with Crippen molar-refractivity contribution in [3.05, 3.63) is 88.5 Å². The van der Waals surface area contributed by atoms with Crippen molar-refractivity contribution in [2.45, 2.75) is 41.4 Å². The molecule has 13 heteroatoms. The van der Waals surface area contributed by atoms with Crippen LogP contribution in [-0.4, -0.2) is 47.7 Å². The number of rotatable bonds is 7. The van der Waals surface area contributed by atoms with Gasteiger partial charge in [0.15, 0.2) is 27.3 Å². The molecular formula is C28H25ClF3N3O5S. The summed E-state index contributed by atoms with van der Waals surface area (Å²) >= 11 is 6.26. The third-order valence-electron chi connectivity index (χ3n) is 8.01. The average molecular weight is 608 g/mol. The van der Waals surface area contributed by atoms with Crippen molar-refractivity contribution in [1.82, 2.24) is 10.3 Å². The number of hydrogen-bond acceptors (Lipinski definition) is 6. The van der Waals surface area contributed by atoms with Crippen molar-refractivity contribution in [2.24, 2.45) is 11.8 Å². The summed E-state index contributed by atoms with van der Waals surface area (Å²) in [7, 11) is -4.08. The van der Waals surface area contributed by atoms with Crippen molar-refractivity contribution in [2.75, 3.05) is 11.9 Å². The molecule has 2 saturated carbocycles. The van der Waals surface area contributed by atoms with Gasteiger partial charge in [0, 0.05) is 42.3 Å². The molecule has 0 saturated heterocycles. The summed E-state index contributed by atoms with van der Waals surface area (Å²) in [5, 5.41) is 15.5. The predicted octanol–water partition coefficient (Wildman–Crippen LogP) is 4.53. The Balaban J connectivity index is 1.32. The van der Waals surface area contributed by atoms with Crippen LogP contribution in [-0.2, 0) is 9.84 Å². The summed E-state index contributed by atoms with van der Waals surface area (Å²) in [5.74, 6) is -6.76. The normalized spacial score (nSPS) is 23.7. The van der Waals surface area contributed by atoms with E-state index in [0.29, 0.717) is 30.5 Å². The fourth-order valence-electron chi connectivity index (χ4n) is 5.85. The van der Waals surface area contributed by atoms with Gasteiger partial charge >= 0.3 is 0 Å². The van der Waals surface area contributed by atoms with Crippen molar-refractivity contribution < 1.29 is 36.3 Å². The van der Waals surface area contributed by atoms with Crippen molar-refractivity contribution in [3.8, 4) is 0 Å². The molecule has 1 aromatic heterocycles. The lowest BCUT2D eigenvalue weighted by molar-refractivity contribution is -0.0548. The zero-order chi connectivity index (χ0) is 29.5. The van der Waals surface area contributed by atoms with Crippen molar-refractivity contribution >= 4 is 38.9 Å². The summed E-state index contributed by atoms with van der Waals surface area (Å²) in [5.41, 5.74) is -1.45. The first-order chi connectivity index (χ1) is 19.4. The first-order valence-electron chi connectivity index (χ1n) is 12.8. The molecular weight excluding hydrogens is 583 g/mol. The number of halogens is 4. The minimum atomic E-state index is -4.08. The van der Waals surface area contributed by atoms with E-state index in [9.17, 15) is 36.3 Å². The van der Waals surface area contributed by atoms with E-state index in [1.165, 1.54) is 24.5 Å². The Morgan fingerprint density at radius 3 is 2.27 bits per heavy atom. The summed E-state index contributed by atoms with van der Waals surface area (Å²) < 4.78 is 67.8. The Labute approximate surface area is 238 Å². The number of hydrogen-bond donors (Lipinski definition) is 3. The van der Waals surface area contributed by atoms with Gasteiger partial charge < -0.3 is 15.7 Å². The third-order valence-corrected chi connectivity index (χ3v) is 10.7. The van der Waals surface area contributed by atoms with Crippen LogP contribution in [0.25, 0.3) is 0 Å². The molecule has 0 radical (unpaired) electrons. The van der Waals surface area contributed by atoms with Gasteiger partial charge in [-0.05, 0) is 67.9 Å². The predicted molar refractivity (Wildman–Crippen MR) is 144 cm³/mol. The van der Waals surface area contributed by atoms with E-state index in [1.807, 2.05) is 0 Å². The number of aliphatic hydroxyl groups is 1. The molecule has 5 rings (SSSR count). The van der Waals surface area contributed by atoms with Gasteiger partial charge in [-0.1, -0.05) is 11.6 Å². The molecule has 41 heavy (non-hydrogen) atoms. The van der Waals surface area contributed by atoms with E-state index in [0.717, 1.165) is 6.07 Å². The zero-order valence-corrected chi connectivity index (χ0v) is 23.0. The molecule has 3 unspecified atom stereocenters. The lowest BCUT2D eigenvalue weighted by Crippen LogP contribution is -2.54. The minimum Gasteiger partial charge on any atom is -0.387 e. The van der Waals surface area contributed by atoms with Crippen LogP contribution < -0.4 is 10.6 Å². The number of amides is 2. The fourth-order valence-corrected chi connectivity index (χ4v) is 8.25. The molecule has 3 aromatic rings. The highest BCUT2D eigenvalue weighted by molar-refractivity contribution is 7.92. The quantitative estimate of drug-likeness (QED) is 0.339. The minimum absolute atomic E-state index is 0.0379. The molecule has 216 valence electrons. The highest BCUT2D eigenvalue weighted by Gasteiger charge is 2.55. The number of aromatic nitrogens is 1. The smallest absolute Gasteiger partial charge is 0.255 e. The van der Waals surface area contributed by atoms with Crippen LogP contribution in [0.5, 0.6) is 0 Å². The number of carbonyl (C=O) groups excluding carboxylic acids is 2. The van der Waals surface area contributed by atoms with Crippen LogP contribution in [0.4, 0.5) is 18.9 Å². The Bertz CT molecular complexity index is 1590. The van der Waals surface area contributed by atoms with Crippen LogP contribution in [0.1, 0.15) is 46.4 Å². The third kappa shape index (κ3) is 5.55. The molecule has 2 bridgehead atoms. The Morgan fingerprint density at radius 1 is 1.00 bits per heavy atom. The summed E-state index contributed by atoms with van der Waals surface area (Å²) in [6.07, 6.45) is 4.35. The molecule has 8 nitrogen and oxygen atoms in total. The van der Waals surface area contributed by atoms with Gasteiger partial charge in [0.05, 0.1) is 26.3 Å². The maximum absolute atomic E-state index is 13.7. The number of carbonyl (C=O) groups is 2. The van der Waals surface area contributed by atoms with E-state index in [2.05, 4.69) is 15.6 Å². The molecule has 1 heterocycles. The lowest BCUT2D eigenvalue weighted by Gasteiger charge is -2.42. The van der Waals surface area contributed by atoms with Crippen LogP contribution in [0, 0.1) is 29.3 Å². The SMILES string of the molecule is O=C(NCC1(O)C2CC[C@H]1CC(S(=O)(=O)c1cc(C(=O)Nc3cc(F)c(F)c(F)c3)ccc1Cl)C2)c1cccnc1. The van der Waals surface area contributed by atoms with Crippen molar-refractivity contribution in [1.29, 1.82) is 0 Å². The molecule has 2 aliphatic rings. The van der Waals surface area contributed by atoms with E-state index < -0.39 is 61.8 Å². The molecule has 2 aliphatic carbocycles. The molecule has 2 amide bonds. The number of fused-ring (bicyclic) bond motifs is 2. The van der Waals surface area contributed by atoms with E-state index in [-0.39, 0.29) is 40.6 Å². The highest BCUT2D eigenvalue weighted by atomic mass is 35.5. The standard InChI is InChI=1S/C28H25ClF3N3O5S/c29-21-6-3-15(27(37)35-19-11-22(30)25(32)23(31)12-19)8-24(21)41(39,40)20-9-17-4-5-18(10-20)28(17,38)14-34-26(36)16-2-1-7-33-13-16/h1-3,6-8,11-13,17-18,20,38H,4-5,9-10,14H2,(H,34,36)(H,35,37)/t17-,18?,20?,28?/m0/s1. The number of anilines is 1. The van der Waals surface area contributed by atoms with Crippen LogP contribution >= 0.6 is 11.6 Å². The summed E-state index contributed by atoms with van der Waals surface area (Å²) in [6.45, 7) is -0.0379. The number of sulfone groups is 1. The second kappa shape index (κ2) is 11.1. The zero-order valence-electron chi connectivity index (χ0n) is 21.4. The van der Waals surface area contributed by atoms with Crippen LogP contribution in [0.15, 0.2) is 59.8 Å². The lowest BCUT2D eigenvalue weighted by atomic mass is 9.74. The Kier molecular flexibility index (Phi) is 7.84. The number of nitrogens with one attached hydrogen (secondary N) is 2. The maximum Gasteiger partial charge on any atom is 0.255 e. The Morgan fingerprint density at radius 2 is 1.66 bits per heavy atom. The fraction of sp³-hybridized carbons (Fsp3) is 0.321. The van der Waals surface area contributed by atoms with E-state index >= 15 is 0 Å². The van der Waals surface area contributed by atoms with Crippen LogP contribution in [0.2, 0.25) is 5.02 Å².